The number of hydrogen-bond donors (Lipinski definition) is 1. The van der Waals surface area contributed by atoms with Crippen LogP contribution in [0.2, 0.25) is 0 Å². The molecule has 37 heavy (non-hydrogen) atoms. The van der Waals surface area contributed by atoms with Crippen LogP contribution in [0.4, 0.5) is 24.5 Å². The lowest BCUT2D eigenvalue weighted by Gasteiger charge is -2.18. The van der Waals surface area contributed by atoms with Crippen LogP contribution in [0.15, 0.2) is 58.2 Å². The van der Waals surface area contributed by atoms with Crippen LogP contribution in [0, 0.1) is 12.8 Å². The predicted octanol–water partition coefficient (Wildman–Crippen LogP) is 5.82. The van der Waals surface area contributed by atoms with E-state index < -0.39 is 30.0 Å². The van der Waals surface area contributed by atoms with E-state index in [1.54, 1.807) is 13.8 Å². The van der Waals surface area contributed by atoms with Crippen molar-refractivity contribution in [3.63, 3.8) is 0 Å². The summed E-state index contributed by atoms with van der Waals surface area (Å²) in [6.07, 6.45) is 0.0507. The highest BCUT2D eigenvalue weighted by molar-refractivity contribution is 6.28. The molecule has 3 aromatic rings. The van der Waals surface area contributed by atoms with Crippen LogP contribution >= 0.6 is 0 Å². The monoisotopic (exact) mass is 514 g/mol. The summed E-state index contributed by atoms with van der Waals surface area (Å²) in [6, 6.07) is 9.71. The van der Waals surface area contributed by atoms with Gasteiger partial charge < -0.3 is 14.5 Å². The molecule has 11 heteroatoms. The van der Waals surface area contributed by atoms with Gasteiger partial charge in [-0.25, -0.2) is 18.2 Å². The van der Waals surface area contributed by atoms with Gasteiger partial charge in [0.15, 0.2) is 5.92 Å². The van der Waals surface area contributed by atoms with Crippen molar-refractivity contribution in [1.82, 2.24) is 4.98 Å². The second kappa shape index (κ2) is 10.1. The van der Waals surface area contributed by atoms with Crippen molar-refractivity contribution in [3.8, 4) is 17.2 Å². The fraction of sp³-hybridized carbons (Fsp3) is 0.308. The van der Waals surface area contributed by atoms with Crippen molar-refractivity contribution < 1.29 is 31.9 Å². The van der Waals surface area contributed by atoms with Crippen LogP contribution in [-0.2, 0) is 15.5 Å². The standard InChI is InChI=1S/C26H25F3N4O4/c1-5-21(27)37-20-10-9-18(12-19(20)24-30-13-14(2)36-24)33-25(35)22(15(3)32-33)23(34)31-17-8-6-7-16(11-17)26(4,28)29/h6-13,21-22H,5H2,1-4H3,(H,31,34). The van der Waals surface area contributed by atoms with Crippen LogP contribution in [0.3, 0.4) is 0 Å². The Morgan fingerprint density at radius 2 is 2.00 bits per heavy atom. The van der Waals surface area contributed by atoms with Crippen molar-refractivity contribution in [2.75, 3.05) is 10.3 Å². The first-order chi connectivity index (χ1) is 17.5. The van der Waals surface area contributed by atoms with Gasteiger partial charge in [0.2, 0.25) is 18.2 Å². The number of alkyl halides is 3. The van der Waals surface area contributed by atoms with E-state index in [1.807, 2.05) is 0 Å². The van der Waals surface area contributed by atoms with Crippen LogP contribution in [0.5, 0.6) is 5.75 Å². The number of rotatable bonds is 8. The van der Waals surface area contributed by atoms with Crippen LogP contribution < -0.4 is 15.1 Å². The first-order valence-electron chi connectivity index (χ1n) is 11.5. The molecule has 2 unspecified atom stereocenters. The molecule has 8 nitrogen and oxygen atoms in total. The van der Waals surface area contributed by atoms with Gasteiger partial charge in [0, 0.05) is 24.6 Å². The summed E-state index contributed by atoms with van der Waals surface area (Å²) >= 11 is 0. The fourth-order valence-corrected chi connectivity index (χ4v) is 3.76. The molecule has 1 aliphatic rings. The maximum Gasteiger partial charge on any atom is 0.270 e. The van der Waals surface area contributed by atoms with Crippen LogP contribution in [0.1, 0.15) is 38.5 Å². The second-order valence-electron chi connectivity index (χ2n) is 8.68. The smallest absolute Gasteiger partial charge is 0.270 e. The largest absolute Gasteiger partial charge is 0.460 e. The molecule has 2 amide bonds. The highest BCUT2D eigenvalue weighted by Crippen LogP contribution is 2.36. The maximum atomic E-state index is 14.0. The summed E-state index contributed by atoms with van der Waals surface area (Å²) in [6.45, 7) is 5.60. The van der Waals surface area contributed by atoms with Gasteiger partial charge in [0.05, 0.1) is 23.2 Å². The zero-order valence-corrected chi connectivity index (χ0v) is 20.6. The molecule has 0 radical (unpaired) electrons. The minimum absolute atomic E-state index is 0.121. The third-order valence-corrected chi connectivity index (χ3v) is 5.67. The lowest BCUT2D eigenvalue weighted by molar-refractivity contribution is -0.127. The summed E-state index contributed by atoms with van der Waals surface area (Å²) in [7, 11) is 0. The second-order valence-corrected chi connectivity index (χ2v) is 8.68. The Morgan fingerprint density at radius 1 is 1.24 bits per heavy atom. The number of aryl methyl sites for hydroxylation is 1. The Labute approximate surface area is 211 Å². The molecule has 0 aliphatic carbocycles. The molecule has 0 fully saturated rings. The molecular weight excluding hydrogens is 489 g/mol. The van der Waals surface area contributed by atoms with Gasteiger partial charge in [0.25, 0.3) is 11.8 Å². The van der Waals surface area contributed by atoms with Crippen molar-refractivity contribution in [3.05, 3.63) is 60.0 Å². The molecule has 2 atom stereocenters. The summed E-state index contributed by atoms with van der Waals surface area (Å²) in [5, 5.41) is 7.81. The van der Waals surface area contributed by atoms with Crippen LogP contribution in [-0.4, -0.2) is 28.9 Å². The number of aromatic nitrogens is 1. The van der Waals surface area contributed by atoms with E-state index in [4.69, 9.17) is 9.15 Å². The number of amides is 2. The molecule has 1 aliphatic heterocycles. The molecule has 0 saturated carbocycles. The van der Waals surface area contributed by atoms with E-state index >= 15 is 0 Å². The van der Waals surface area contributed by atoms with Gasteiger partial charge in [-0.2, -0.15) is 10.1 Å². The number of ether oxygens (including phenoxy) is 1. The molecule has 4 rings (SSSR count). The zero-order chi connectivity index (χ0) is 26.9. The first-order valence-corrected chi connectivity index (χ1v) is 11.5. The van der Waals surface area contributed by atoms with Crippen molar-refractivity contribution in [1.29, 1.82) is 0 Å². The van der Waals surface area contributed by atoms with Crippen molar-refractivity contribution >= 4 is 28.9 Å². The molecule has 2 heterocycles. The van der Waals surface area contributed by atoms with Gasteiger partial charge in [-0.15, -0.1) is 0 Å². The lowest BCUT2D eigenvalue weighted by Crippen LogP contribution is -2.36. The number of carbonyl (C=O) groups excluding carboxylic acids is 2. The first kappa shape index (κ1) is 25.9. The lowest BCUT2D eigenvalue weighted by atomic mass is 10.0. The summed E-state index contributed by atoms with van der Waals surface area (Å²) < 4.78 is 52.3. The summed E-state index contributed by atoms with van der Waals surface area (Å²) in [4.78, 5) is 30.4. The molecule has 2 aromatic carbocycles. The van der Waals surface area contributed by atoms with E-state index in [-0.39, 0.29) is 40.7 Å². The molecule has 1 aromatic heterocycles. The topological polar surface area (TPSA) is 97.0 Å². The number of anilines is 2. The molecule has 1 N–H and O–H groups in total. The molecule has 0 spiro atoms. The Bertz CT molecular complexity index is 1370. The van der Waals surface area contributed by atoms with Gasteiger partial charge in [0.1, 0.15) is 11.5 Å². The van der Waals surface area contributed by atoms with Gasteiger partial charge in [-0.3, -0.25) is 9.59 Å². The number of nitrogens with one attached hydrogen (secondary N) is 1. The van der Waals surface area contributed by atoms with E-state index in [9.17, 15) is 22.8 Å². The van der Waals surface area contributed by atoms with Gasteiger partial charge >= 0.3 is 0 Å². The number of nitrogens with zero attached hydrogens (tertiary/aromatic N) is 3. The third-order valence-electron chi connectivity index (χ3n) is 5.67. The van der Waals surface area contributed by atoms with Gasteiger partial charge in [-0.1, -0.05) is 19.1 Å². The fourth-order valence-electron chi connectivity index (χ4n) is 3.76. The maximum absolute atomic E-state index is 14.0. The van der Waals surface area contributed by atoms with E-state index in [0.29, 0.717) is 11.3 Å². The Hall–Kier alpha value is -4.15. The number of halogens is 3. The molecule has 194 valence electrons. The SMILES string of the molecule is CCC(F)Oc1ccc(N2N=C(C)C(C(=O)Nc3cccc(C(C)(F)F)c3)C2=O)cc1-c1ncc(C)o1. The molecular formula is C26H25F3N4O4. The zero-order valence-electron chi connectivity index (χ0n) is 20.6. The third kappa shape index (κ3) is 5.50. The number of hydrogen-bond acceptors (Lipinski definition) is 6. The molecule has 0 bridgehead atoms. The molecule has 0 saturated heterocycles. The van der Waals surface area contributed by atoms with Crippen molar-refractivity contribution in [2.45, 2.75) is 46.4 Å². The Balaban J connectivity index is 1.60. The Kier molecular flexibility index (Phi) is 7.06. The average Bonchev–Trinajstić information content (AvgIpc) is 3.41. The number of hydrazone groups is 1. The van der Waals surface area contributed by atoms with E-state index in [1.165, 1.54) is 49.5 Å². The summed E-state index contributed by atoms with van der Waals surface area (Å²) in [5.41, 5.74) is 0.640. The summed E-state index contributed by atoms with van der Waals surface area (Å²) in [5.74, 6) is -4.88. The minimum atomic E-state index is -3.09. The van der Waals surface area contributed by atoms with Crippen LogP contribution in [0.25, 0.3) is 11.5 Å². The number of carbonyl (C=O) groups is 2. The highest BCUT2D eigenvalue weighted by Gasteiger charge is 2.40. The van der Waals surface area contributed by atoms with Gasteiger partial charge in [-0.05, 0) is 44.2 Å². The minimum Gasteiger partial charge on any atom is -0.460 e. The van der Waals surface area contributed by atoms with Crippen molar-refractivity contribution in [2.24, 2.45) is 11.0 Å². The normalized spacial score (nSPS) is 16.5. The van der Waals surface area contributed by atoms with E-state index in [0.717, 1.165) is 18.0 Å². The number of benzene rings is 2. The number of oxazole rings is 1. The highest BCUT2D eigenvalue weighted by atomic mass is 19.3. The Morgan fingerprint density at radius 3 is 2.65 bits per heavy atom. The average molecular weight is 515 g/mol. The predicted molar refractivity (Wildman–Crippen MR) is 131 cm³/mol. The quantitative estimate of drug-likeness (QED) is 0.382. The van der Waals surface area contributed by atoms with E-state index in [2.05, 4.69) is 15.4 Å².